The highest BCUT2D eigenvalue weighted by Gasteiger charge is 2.46. The third-order valence-corrected chi connectivity index (χ3v) is 11.7. The number of rotatable bonds is 9. The van der Waals surface area contributed by atoms with Crippen molar-refractivity contribution in [3.63, 3.8) is 0 Å². The number of benzene rings is 2. The van der Waals surface area contributed by atoms with Gasteiger partial charge in [-0.05, 0) is 17.5 Å². The summed E-state index contributed by atoms with van der Waals surface area (Å²) in [4.78, 5) is 22.0. The Kier molecular flexibility index (Phi) is 7.97. The van der Waals surface area contributed by atoms with Crippen molar-refractivity contribution in [2.24, 2.45) is 0 Å². The van der Waals surface area contributed by atoms with Crippen LogP contribution in [0.15, 0.2) is 72.8 Å². The molecule has 0 fully saturated rings. The van der Waals surface area contributed by atoms with Crippen molar-refractivity contribution in [3.8, 4) is 0 Å². The maximum Gasteiger partial charge on any atom is 0.331 e. The van der Waals surface area contributed by atoms with Gasteiger partial charge < -0.3 is 9.84 Å². The lowest BCUT2D eigenvalue weighted by Crippen LogP contribution is -2.64. The van der Waals surface area contributed by atoms with Crippen molar-refractivity contribution in [2.45, 2.75) is 44.7 Å². The van der Waals surface area contributed by atoms with Crippen molar-refractivity contribution in [3.05, 3.63) is 72.8 Å². The minimum Gasteiger partial charge on any atom is -0.478 e. The molecule has 1 N–H and O–H groups in total. The van der Waals surface area contributed by atoms with Crippen LogP contribution >= 0.6 is 0 Å². The van der Waals surface area contributed by atoms with Gasteiger partial charge >= 0.3 is 11.9 Å². The van der Waals surface area contributed by atoms with Gasteiger partial charge in [0.05, 0.1) is 6.61 Å². The Morgan fingerprint density at radius 1 is 0.897 bits per heavy atom. The van der Waals surface area contributed by atoms with Crippen molar-refractivity contribution in [2.75, 3.05) is 6.61 Å². The van der Waals surface area contributed by atoms with E-state index in [1.165, 1.54) is 10.4 Å². The molecule has 0 radical (unpaired) electrons. The molecule has 0 saturated heterocycles. The Hall–Kier alpha value is -2.66. The number of carboxylic acids is 1. The van der Waals surface area contributed by atoms with Gasteiger partial charge in [-0.25, -0.2) is 9.59 Å². The van der Waals surface area contributed by atoms with E-state index < -0.39 is 20.0 Å². The molecule has 4 nitrogen and oxygen atoms in total. The smallest absolute Gasteiger partial charge is 0.331 e. The van der Waals surface area contributed by atoms with Crippen molar-refractivity contribution < 1.29 is 19.4 Å². The number of carbonyl (C=O) groups excluding carboxylic acids is 1. The Morgan fingerprint density at radius 2 is 1.41 bits per heavy atom. The van der Waals surface area contributed by atoms with Gasteiger partial charge in [-0.3, -0.25) is 0 Å². The quantitative estimate of drug-likeness (QED) is 0.294. The molecule has 2 rings (SSSR count). The van der Waals surface area contributed by atoms with E-state index in [2.05, 4.69) is 81.4 Å². The summed E-state index contributed by atoms with van der Waals surface area (Å²) in [6.45, 7) is 7.28. The third kappa shape index (κ3) is 5.91. The SMILES string of the molecule is CC(C)(C)[Si](CCCCOC(=O)/C=C/C(=O)O)(c1ccccc1)c1ccccc1. The zero-order chi connectivity index (χ0) is 21.3. The first-order chi connectivity index (χ1) is 13.8. The summed E-state index contributed by atoms with van der Waals surface area (Å²) in [6.07, 6.45) is 3.43. The number of carboxylic acid groups (broad SMARTS) is 1. The molecule has 0 aliphatic rings. The minimum absolute atomic E-state index is 0.108. The Bertz CT molecular complexity index is 783. The second kappa shape index (κ2) is 10.2. The molecule has 2 aromatic rings. The predicted molar refractivity (Wildman–Crippen MR) is 119 cm³/mol. The second-order valence-corrected chi connectivity index (χ2v) is 13.1. The van der Waals surface area contributed by atoms with Gasteiger partial charge in [0, 0.05) is 12.2 Å². The van der Waals surface area contributed by atoms with E-state index >= 15 is 0 Å². The van der Waals surface area contributed by atoms with Crippen LogP contribution in [0.25, 0.3) is 0 Å². The van der Waals surface area contributed by atoms with E-state index in [4.69, 9.17) is 9.84 Å². The van der Waals surface area contributed by atoms with Crippen LogP contribution in [-0.2, 0) is 14.3 Å². The lowest BCUT2D eigenvalue weighted by molar-refractivity contribution is -0.138. The first-order valence-electron chi connectivity index (χ1n) is 9.96. The lowest BCUT2D eigenvalue weighted by Gasteiger charge is -2.44. The second-order valence-electron chi connectivity index (χ2n) is 8.18. The maximum absolute atomic E-state index is 11.5. The Balaban J connectivity index is 2.17. The van der Waals surface area contributed by atoms with Gasteiger partial charge in [0.1, 0.15) is 8.07 Å². The first kappa shape index (κ1) is 22.6. The lowest BCUT2D eigenvalue weighted by atomic mass is 10.2. The van der Waals surface area contributed by atoms with Gasteiger partial charge in [-0.15, -0.1) is 0 Å². The highest BCUT2D eigenvalue weighted by atomic mass is 28.3. The van der Waals surface area contributed by atoms with Crippen LogP contribution in [0.4, 0.5) is 0 Å². The molecule has 0 amide bonds. The zero-order valence-electron chi connectivity index (χ0n) is 17.4. The molecule has 154 valence electrons. The number of hydrogen-bond acceptors (Lipinski definition) is 3. The number of unbranched alkanes of at least 4 members (excludes halogenated alkanes) is 1. The van der Waals surface area contributed by atoms with E-state index in [0.717, 1.165) is 31.0 Å². The normalized spacial score (nSPS) is 12.1. The van der Waals surface area contributed by atoms with Crippen LogP contribution in [0.3, 0.4) is 0 Å². The number of carbonyl (C=O) groups is 2. The molecule has 0 bridgehead atoms. The summed E-state index contributed by atoms with van der Waals surface area (Å²) in [5, 5.41) is 11.5. The molecular formula is C24H30O4Si. The Morgan fingerprint density at radius 3 is 1.86 bits per heavy atom. The average Bonchev–Trinajstić information content (AvgIpc) is 2.69. The van der Waals surface area contributed by atoms with Crippen LogP contribution in [0.1, 0.15) is 33.6 Å². The molecule has 2 aromatic carbocycles. The summed E-state index contributed by atoms with van der Waals surface area (Å²) in [5.74, 6) is -1.77. The molecule has 0 spiro atoms. The predicted octanol–water partition coefficient (Wildman–Crippen LogP) is 4.01. The highest BCUT2D eigenvalue weighted by Crippen LogP contribution is 2.39. The topological polar surface area (TPSA) is 63.6 Å². The molecular weight excluding hydrogens is 380 g/mol. The fraction of sp³-hybridized carbons (Fsp3) is 0.333. The van der Waals surface area contributed by atoms with E-state index in [9.17, 15) is 9.59 Å². The maximum atomic E-state index is 11.5. The van der Waals surface area contributed by atoms with E-state index in [1.54, 1.807) is 0 Å². The zero-order valence-corrected chi connectivity index (χ0v) is 18.4. The van der Waals surface area contributed by atoms with Gasteiger partial charge in [0.25, 0.3) is 0 Å². The molecule has 0 aliphatic carbocycles. The molecule has 0 heterocycles. The largest absolute Gasteiger partial charge is 0.478 e. The number of ether oxygens (including phenoxy) is 1. The van der Waals surface area contributed by atoms with Gasteiger partial charge in [-0.2, -0.15) is 0 Å². The summed E-state index contributed by atoms with van der Waals surface area (Å²) in [5.41, 5.74) is 0. The van der Waals surface area contributed by atoms with Crippen LogP contribution in [-0.4, -0.2) is 31.7 Å². The van der Waals surface area contributed by atoms with Crippen LogP contribution in [0.2, 0.25) is 11.1 Å². The minimum atomic E-state index is -2.09. The standard InChI is InChI=1S/C24H30O4Si/c1-24(2,3)29(20-12-6-4-7-13-20,21-14-8-5-9-15-21)19-11-10-18-28-23(27)17-16-22(25)26/h4-9,12-17H,10-11,18-19H2,1-3H3,(H,25,26)/b17-16+. The van der Waals surface area contributed by atoms with E-state index in [0.29, 0.717) is 6.61 Å². The summed E-state index contributed by atoms with van der Waals surface area (Å²) >= 11 is 0. The number of esters is 1. The highest BCUT2D eigenvalue weighted by molar-refractivity contribution is 7.04. The van der Waals surface area contributed by atoms with Gasteiger partial charge in [0.2, 0.25) is 0 Å². The number of aliphatic carboxylic acids is 1. The van der Waals surface area contributed by atoms with Crippen molar-refractivity contribution in [1.29, 1.82) is 0 Å². The molecule has 0 aliphatic heterocycles. The molecule has 5 heteroatoms. The summed E-state index contributed by atoms with van der Waals surface area (Å²) < 4.78 is 5.13. The van der Waals surface area contributed by atoms with Crippen LogP contribution < -0.4 is 10.4 Å². The molecule has 0 unspecified atom stereocenters. The van der Waals surface area contributed by atoms with E-state index in [1.807, 2.05) is 0 Å². The van der Waals surface area contributed by atoms with Crippen molar-refractivity contribution >= 4 is 30.4 Å². The first-order valence-corrected chi connectivity index (χ1v) is 12.2. The molecule has 0 atom stereocenters. The third-order valence-electron chi connectivity index (χ3n) is 5.37. The van der Waals surface area contributed by atoms with Crippen LogP contribution in [0.5, 0.6) is 0 Å². The Labute approximate surface area is 174 Å². The summed E-state index contributed by atoms with van der Waals surface area (Å²) in [6, 6.07) is 22.6. The average molecular weight is 411 g/mol. The molecule has 0 saturated carbocycles. The molecule has 0 aromatic heterocycles. The number of hydrogen-bond donors (Lipinski definition) is 1. The molecule has 29 heavy (non-hydrogen) atoms. The fourth-order valence-corrected chi connectivity index (χ4v) is 9.69. The van der Waals surface area contributed by atoms with Gasteiger partial charge in [-0.1, -0.05) is 98.2 Å². The van der Waals surface area contributed by atoms with Crippen molar-refractivity contribution in [1.82, 2.24) is 0 Å². The monoisotopic (exact) mass is 410 g/mol. The van der Waals surface area contributed by atoms with Crippen LogP contribution in [0, 0.1) is 0 Å². The summed E-state index contributed by atoms with van der Waals surface area (Å²) in [7, 11) is -2.09. The van der Waals surface area contributed by atoms with E-state index in [-0.39, 0.29) is 5.04 Å². The fourth-order valence-electron chi connectivity index (χ4n) is 3.99. The van der Waals surface area contributed by atoms with Gasteiger partial charge in [0.15, 0.2) is 0 Å².